The van der Waals surface area contributed by atoms with Crippen LogP contribution < -0.4 is 11.1 Å². The van der Waals surface area contributed by atoms with Crippen molar-refractivity contribution >= 4 is 0 Å². The smallest absolute Gasteiger partial charge is 0.0107 e. The fourth-order valence-corrected chi connectivity index (χ4v) is 1.32. The van der Waals surface area contributed by atoms with Gasteiger partial charge in [0.05, 0.1) is 0 Å². The molecule has 0 unspecified atom stereocenters. The van der Waals surface area contributed by atoms with Crippen LogP contribution in [0.5, 0.6) is 0 Å². The first-order chi connectivity index (χ1) is 8.26. The second kappa shape index (κ2) is 18.3. The van der Waals surface area contributed by atoms with Crippen LogP contribution in [0.15, 0.2) is 0 Å². The van der Waals surface area contributed by atoms with Gasteiger partial charge in [0.25, 0.3) is 0 Å². The molecule has 0 radical (unpaired) electrons. The predicted octanol–water partition coefficient (Wildman–Crippen LogP) is 2.46. The maximum absolute atomic E-state index is 5.03. The van der Waals surface area contributed by atoms with Gasteiger partial charge in [0, 0.05) is 26.2 Å². The average Bonchev–Trinajstić information content (AvgIpc) is 2.39. The van der Waals surface area contributed by atoms with E-state index in [-0.39, 0.29) is 0 Å². The van der Waals surface area contributed by atoms with E-state index in [1.807, 2.05) is 0 Å². The maximum Gasteiger partial charge on any atom is 0.0107 e. The third-order valence-electron chi connectivity index (χ3n) is 2.33. The minimum Gasteiger partial charge on any atom is -0.330 e. The summed E-state index contributed by atoms with van der Waals surface area (Å²) in [5.74, 6) is 0. The van der Waals surface area contributed by atoms with Crippen LogP contribution in [-0.4, -0.2) is 44.2 Å². The van der Waals surface area contributed by atoms with E-state index in [0.29, 0.717) is 0 Å². The summed E-state index contributed by atoms with van der Waals surface area (Å²) in [6.07, 6.45) is 5.03. The topological polar surface area (TPSA) is 41.3 Å². The normalized spacial score (nSPS) is 15.4. The fraction of sp³-hybridized carbons (Fsp3) is 1.00. The summed E-state index contributed by atoms with van der Waals surface area (Å²) in [6, 6.07) is 0. The van der Waals surface area contributed by atoms with Crippen LogP contribution in [0.3, 0.4) is 0 Å². The number of hydrogen-bond acceptors (Lipinski definition) is 3. The fourth-order valence-electron chi connectivity index (χ4n) is 1.32. The Balaban J connectivity index is 0. The van der Waals surface area contributed by atoms with Crippen molar-refractivity contribution in [3.05, 3.63) is 0 Å². The Bertz CT molecular complexity index is 110. The van der Waals surface area contributed by atoms with Crippen molar-refractivity contribution in [2.24, 2.45) is 5.73 Å². The van der Waals surface area contributed by atoms with E-state index in [9.17, 15) is 0 Å². The van der Waals surface area contributed by atoms with Crippen molar-refractivity contribution < 1.29 is 0 Å². The number of piperazine rings is 1. The molecule has 1 heterocycles. The first-order valence-corrected chi connectivity index (χ1v) is 7.39. The molecule has 3 nitrogen and oxygen atoms in total. The number of unbranched alkanes of at least 4 members (excludes halogenated alkanes) is 1. The molecule has 0 amide bonds. The Hall–Kier alpha value is -0.120. The number of nitrogens with zero attached hydrogens (tertiary/aromatic N) is 1. The second-order valence-corrected chi connectivity index (χ2v) is 4.44. The summed E-state index contributed by atoms with van der Waals surface area (Å²) >= 11 is 0. The lowest BCUT2D eigenvalue weighted by molar-refractivity contribution is 0.238. The Morgan fingerprint density at radius 3 is 1.82 bits per heavy atom. The van der Waals surface area contributed by atoms with E-state index in [4.69, 9.17) is 5.73 Å². The van der Waals surface area contributed by atoms with E-state index in [2.05, 4.69) is 37.9 Å². The van der Waals surface area contributed by atoms with Crippen LogP contribution in [0, 0.1) is 0 Å². The molecule has 0 aliphatic carbocycles. The van der Waals surface area contributed by atoms with Gasteiger partial charge in [-0.25, -0.2) is 0 Å². The maximum atomic E-state index is 5.03. The van der Waals surface area contributed by atoms with E-state index in [1.165, 1.54) is 52.0 Å². The molecule has 1 aliphatic heterocycles. The molecule has 0 aromatic carbocycles. The van der Waals surface area contributed by atoms with Crippen molar-refractivity contribution in [2.45, 2.75) is 53.4 Å². The monoisotopic (exact) mass is 245 g/mol. The third kappa shape index (κ3) is 18.4. The molecular formula is C14H35N3. The number of hydrogen-bond donors (Lipinski definition) is 2. The van der Waals surface area contributed by atoms with Gasteiger partial charge in [-0.1, -0.05) is 40.5 Å². The zero-order chi connectivity index (χ0) is 13.4. The molecule has 1 saturated heterocycles. The number of rotatable bonds is 4. The Kier molecular flexibility index (Phi) is 20.6. The van der Waals surface area contributed by atoms with Crippen LogP contribution in [0.2, 0.25) is 0 Å². The molecule has 0 aromatic heterocycles. The van der Waals surface area contributed by atoms with Gasteiger partial charge in [0.1, 0.15) is 0 Å². The van der Waals surface area contributed by atoms with Crippen LogP contribution in [0.1, 0.15) is 53.4 Å². The van der Waals surface area contributed by atoms with Gasteiger partial charge in [-0.2, -0.15) is 0 Å². The quantitative estimate of drug-likeness (QED) is 0.799. The van der Waals surface area contributed by atoms with Gasteiger partial charge in [-0.3, -0.25) is 0 Å². The molecule has 106 valence electrons. The summed E-state index contributed by atoms with van der Waals surface area (Å²) in [5, 5.41) is 3.35. The number of nitrogens with two attached hydrogens (primary N) is 1. The molecule has 0 saturated carbocycles. The molecule has 3 heteroatoms. The summed E-state index contributed by atoms with van der Waals surface area (Å²) in [6.45, 7) is 15.5. The van der Waals surface area contributed by atoms with Gasteiger partial charge in [-0.15, -0.1) is 0 Å². The van der Waals surface area contributed by atoms with Crippen molar-refractivity contribution in [1.29, 1.82) is 0 Å². The number of nitrogens with one attached hydrogen (secondary N) is 1. The van der Waals surface area contributed by atoms with Gasteiger partial charge in [-0.05, 0) is 25.9 Å². The lowest BCUT2D eigenvalue weighted by atomic mass is 10.3. The second-order valence-electron chi connectivity index (χ2n) is 4.44. The molecule has 0 bridgehead atoms. The van der Waals surface area contributed by atoms with Crippen molar-refractivity contribution in [1.82, 2.24) is 10.2 Å². The van der Waals surface area contributed by atoms with Gasteiger partial charge < -0.3 is 16.0 Å². The first-order valence-electron chi connectivity index (χ1n) is 7.39. The van der Waals surface area contributed by atoms with E-state index in [0.717, 1.165) is 13.0 Å². The third-order valence-corrected chi connectivity index (χ3v) is 2.33. The molecule has 0 aromatic rings. The molecule has 1 aliphatic rings. The minimum absolute atomic E-state index is 0.819. The summed E-state index contributed by atoms with van der Waals surface area (Å²) in [4.78, 5) is 2.54. The Labute approximate surface area is 109 Å². The highest BCUT2D eigenvalue weighted by molar-refractivity contribution is 4.66. The summed E-state index contributed by atoms with van der Waals surface area (Å²) in [7, 11) is 0. The van der Waals surface area contributed by atoms with Gasteiger partial charge in [0.2, 0.25) is 0 Å². The van der Waals surface area contributed by atoms with E-state index in [1.54, 1.807) is 0 Å². The Morgan fingerprint density at radius 2 is 1.47 bits per heavy atom. The van der Waals surface area contributed by atoms with Crippen molar-refractivity contribution in [3.8, 4) is 0 Å². The lowest BCUT2D eigenvalue weighted by Crippen LogP contribution is -2.43. The molecule has 1 rings (SSSR count). The molecular weight excluding hydrogens is 210 g/mol. The van der Waals surface area contributed by atoms with Gasteiger partial charge >= 0.3 is 0 Å². The average molecular weight is 245 g/mol. The molecule has 0 atom stereocenters. The van der Waals surface area contributed by atoms with Crippen LogP contribution in [-0.2, 0) is 0 Å². The van der Waals surface area contributed by atoms with E-state index >= 15 is 0 Å². The zero-order valence-electron chi connectivity index (χ0n) is 12.6. The molecule has 0 spiro atoms. The van der Waals surface area contributed by atoms with Crippen LogP contribution in [0.4, 0.5) is 0 Å². The summed E-state index contributed by atoms with van der Waals surface area (Å²) in [5.41, 5.74) is 5.03. The van der Waals surface area contributed by atoms with Crippen molar-refractivity contribution in [3.63, 3.8) is 0 Å². The minimum atomic E-state index is 0.819. The first kappa shape index (κ1) is 19.2. The van der Waals surface area contributed by atoms with Crippen LogP contribution >= 0.6 is 0 Å². The van der Waals surface area contributed by atoms with Gasteiger partial charge in [0.15, 0.2) is 0 Å². The summed E-state index contributed by atoms with van der Waals surface area (Å²) < 4.78 is 0. The highest BCUT2D eigenvalue weighted by Crippen LogP contribution is 1.95. The SMILES string of the molecule is CCC.CCCCN1CCNCC1.CCCN. The molecule has 17 heavy (non-hydrogen) atoms. The zero-order valence-corrected chi connectivity index (χ0v) is 12.6. The van der Waals surface area contributed by atoms with Crippen molar-refractivity contribution in [2.75, 3.05) is 39.3 Å². The van der Waals surface area contributed by atoms with E-state index < -0.39 is 0 Å². The standard InChI is InChI=1S/C8H18N2.C3H9N.C3H8/c1-2-3-6-10-7-4-9-5-8-10;1-2-3-4;1-3-2/h9H,2-8H2,1H3;2-4H2,1H3;3H2,1-2H3. The lowest BCUT2D eigenvalue weighted by Gasteiger charge is -2.26. The molecule has 1 fully saturated rings. The molecule has 3 N–H and O–H groups in total. The predicted molar refractivity (Wildman–Crippen MR) is 79.5 cm³/mol. The largest absolute Gasteiger partial charge is 0.330 e. The highest BCUT2D eigenvalue weighted by Gasteiger charge is 2.06. The Morgan fingerprint density at radius 1 is 1.00 bits per heavy atom. The highest BCUT2D eigenvalue weighted by atomic mass is 15.2. The van der Waals surface area contributed by atoms with Crippen LogP contribution in [0.25, 0.3) is 0 Å².